The van der Waals surface area contributed by atoms with Gasteiger partial charge in [-0.3, -0.25) is 4.79 Å². The minimum absolute atomic E-state index is 0.204. The zero-order valence-corrected chi connectivity index (χ0v) is 13.7. The summed E-state index contributed by atoms with van der Waals surface area (Å²) in [4.78, 5) is 12.5. The van der Waals surface area contributed by atoms with Gasteiger partial charge in [0.2, 0.25) is 0 Å². The Hall–Kier alpha value is -2.93. The first-order chi connectivity index (χ1) is 12.3. The number of ether oxygens (including phenoxy) is 1. The molecule has 1 aliphatic rings. The van der Waals surface area contributed by atoms with E-state index in [0.29, 0.717) is 22.6 Å². The number of carbonyl (C=O) groups is 1. The van der Waals surface area contributed by atoms with E-state index in [4.69, 9.17) is 4.74 Å². The molecule has 0 spiro atoms. The third-order valence-electron chi connectivity index (χ3n) is 4.33. The molecular formula is C18H19N5O2. The number of rotatable bonds is 4. The lowest BCUT2D eigenvalue weighted by Crippen LogP contribution is -2.27. The average Bonchev–Trinajstić information content (AvgIpc) is 3.13. The number of para-hydroxylation sites is 1. The van der Waals surface area contributed by atoms with Crippen LogP contribution in [-0.4, -0.2) is 40.6 Å². The van der Waals surface area contributed by atoms with Gasteiger partial charge in [-0.1, -0.05) is 6.07 Å². The van der Waals surface area contributed by atoms with Gasteiger partial charge in [-0.25, -0.2) is 0 Å². The average molecular weight is 337 g/mol. The molecule has 0 aliphatic carbocycles. The Balaban J connectivity index is 1.44. The van der Waals surface area contributed by atoms with Crippen molar-refractivity contribution in [3.05, 3.63) is 48.0 Å². The maximum Gasteiger partial charge on any atom is 0.258 e. The molecule has 1 aliphatic heterocycles. The minimum Gasteiger partial charge on any atom is -0.382 e. The molecule has 1 saturated heterocycles. The number of nitrogens with one attached hydrogen (secondary N) is 3. The Morgan fingerprint density at radius 1 is 1.04 bits per heavy atom. The van der Waals surface area contributed by atoms with Crippen LogP contribution in [0, 0.1) is 0 Å². The van der Waals surface area contributed by atoms with Gasteiger partial charge in [-0.05, 0) is 49.2 Å². The van der Waals surface area contributed by atoms with Crippen molar-refractivity contribution in [2.75, 3.05) is 23.8 Å². The van der Waals surface area contributed by atoms with Crippen LogP contribution in [0.4, 0.5) is 11.4 Å². The molecule has 2 aromatic carbocycles. The smallest absolute Gasteiger partial charge is 0.258 e. The molecule has 25 heavy (non-hydrogen) atoms. The SMILES string of the molecule is O=C(Nc1ccc(NC2CCOCC2)cc1)c1cccc2n[nH]nc12. The number of nitrogens with zero attached hydrogens (tertiary/aromatic N) is 2. The lowest BCUT2D eigenvalue weighted by atomic mass is 10.1. The largest absolute Gasteiger partial charge is 0.382 e. The molecule has 0 saturated carbocycles. The van der Waals surface area contributed by atoms with Crippen molar-refractivity contribution in [2.24, 2.45) is 0 Å². The van der Waals surface area contributed by atoms with Crippen molar-refractivity contribution in [2.45, 2.75) is 18.9 Å². The van der Waals surface area contributed by atoms with E-state index in [1.165, 1.54) is 0 Å². The summed E-state index contributed by atoms with van der Waals surface area (Å²) in [5.74, 6) is -0.204. The Morgan fingerprint density at radius 2 is 1.80 bits per heavy atom. The predicted molar refractivity (Wildman–Crippen MR) is 95.7 cm³/mol. The number of amides is 1. The van der Waals surface area contributed by atoms with Gasteiger partial charge in [0.15, 0.2) is 0 Å². The number of aromatic amines is 1. The molecule has 1 aromatic heterocycles. The van der Waals surface area contributed by atoms with E-state index in [0.717, 1.165) is 37.4 Å². The summed E-state index contributed by atoms with van der Waals surface area (Å²) in [6, 6.07) is 13.5. The summed E-state index contributed by atoms with van der Waals surface area (Å²) in [6.07, 6.45) is 2.03. The lowest BCUT2D eigenvalue weighted by Gasteiger charge is -2.24. The van der Waals surface area contributed by atoms with Gasteiger partial charge in [0, 0.05) is 30.6 Å². The van der Waals surface area contributed by atoms with Gasteiger partial charge >= 0.3 is 0 Å². The molecule has 0 radical (unpaired) electrons. The van der Waals surface area contributed by atoms with E-state index in [1.54, 1.807) is 12.1 Å². The summed E-state index contributed by atoms with van der Waals surface area (Å²) < 4.78 is 5.37. The van der Waals surface area contributed by atoms with E-state index < -0.39 is 0 Å². The minimum atomic E-state index is -0.204. The molecule has 1 amide bonds. The molecular weight excluding hydrogens is 318 g/mol. The maximum atomic E-state index is 12.5. The third kappa shape index (κ3) is 3.46. The number of benzene rings is 2. The lowest BCUT2D eigenvalue weighted by molar-refractivity contribution is 0.0904. The number of aromatic nitrogens is 3. The molecule has 7 heteroatoms. The van der Waals surface area contributed by atoms with Crippen LogP contribution in [0.5, 0.6) is 0 Å². The first-order valence-corrected chi connectivity index (χ1v) is 8.35. The number of hydrogen-bond donors (Lipinski definition) is 3. The Morgan fingerprint density at radius 3 is 2.60 bits per heavy atom. The standard InChI is InChI=1S/C18H19N5O2/c24-18(15-2-1-3-16-17(15)22-23-21-16)20-13-6-4-12(5-7-13)19-14-8-10-25-11-9-14/h1-7,14,19H,8-11H2,(H,20,24)(H,21,22,23). The first kappa shape index (κ1) is 15.6. The number of anilines is 2. The molecule has 0 atom stereocenters. The zero-order chi connectivity index (χ0) is 17.1. The highest BCUT2D eigenvalue weighted by atomic mass is 16.5. The highest BCUT2D eigenvalue weighted by molar-refractivity contribution is 6.11. The van der Waals surface area contributed by atoms with Gasteiger partial charge < -0.3 is 15.4 Å². The Bertz CT molecular complexity index is 869. The van der Waals surface area contributed by atoms with Crippen molar-refractivity contribution in [3.8, 4) is 0 Å². The van der Waals surface area contributed by atoms with Crippen molar-refractivity contribution >= 4 is 28.3 Å². The summed E-state index contributed by atoms with van der Waals surface area (Å²) in [5.41, 5.74) is 3.52. The monoisotopic (exact) mass is 337 g/mol. The fourth-order valence-electron chi connectivity index (χ4n) is 2.98. The fourth-order valence-corrected chi connectivity index (χ4v) is 2.98. The number of H-pyrrole nitrogens is 1. The van der Waals surface area contributed by atoms with Gasteiger partial charge in [0.25, 0.3) is 5.91 Å². The highest BCUT2D eigenvalue weighted by Gasteiger charge is 2.14. The van der Waals surface area contributed by atoms with Gasteiger partial charge in [0.1, 0.15) is 11.0 Å². The second kappa shape index (κ2) is 6.90. The molecule has 2 heterocycles. The zero-order valence-electron chi connectivity index (χ0n) is 13.7. The molecule has 7 nitrogen and oxygen atoms in total. The van der Waals surface area contributed by atoms with Crippen LogP contribution in [-0.2, 0) is 4.74 Å². The Kier molecular flexibility index (Phi) is 4.30. The van der Waals surface area contributed by atoms with Crippen LogP contribution < -0.4 is 10.6 Å². The van der Waals surface area contributed by atoms with Crippen LogP contribution >= 0.6 is 0 Å². The van der Waals surface area contributed by atoms with Crippen LogP contribution in [0.25, 0.3) is 11.0 Å². The van der Waals surface area contributed by atoms with E-state index in [2.05, 4.69) is 26.0 Å². The van der Waals surface area contributed by atoms with Crippen LogP contribution in [0.15, 0.2) is 42.5 Å². The van der Waals surface area contributed by atoms with Crippen molar-refractivity contribution < 1.29 is 9.53 Å². The van der Waals surface area contributed by atoms with E-state index in [-0.39, 0.29) is 5.91 Å². The van der Waals surface area contributed by atoms with Gasteiger partial charge in [-0.2, -0.15) is 15.4 Å². The highest BCUT2D eigenvalue weighted by Crippen LogP contribution is 2.20. The molecule has 1 fully saturated rings. The van der Waals surface area contributed by atoms with Crippen molar-refractivity contribution in [1.82, 2.24) is 15.4 Å². The third-order valence-corrected chi connectivity index (χ3v) is 4.33. The summed E-state index contributed by atoms with van der Waals surface area (Å²) in [7, 11) is 0. The number of fused-ring (bicyclic) bond motifs is 1. The Labute approximate surface area is 144 Å². The van der Waals surface area contributed by atoms with Gasteiger partial charge in [0.05, 0.1) is 5.56 Å². The first-order valence-electron chi connectivity index (χ1n) is 8.35. The van der Waals surface area contributed by atoms with Crippen LogP contribution in [0.2, 0.25) is 0 Å². The van der Waals surface area contributed by atoms with E-state index >= 15 is 0 Å². The van der Waals surface area contributed by atoms with Crippen LogP contribution in [0.3, 0.4) is 0 Å². The molecule has 128 valence electrons. The van der Waals surface area contributed by atoms with Crippen molar-refractivity contribution in [1.29, 1.82) is 0 Å². The van der Waals surface area contributed by atoms with Crippen molar-refractivity contribution in [3.63, 3.8) is 0 Å². The van der Waals surface area contributed by atoms with Crippen LogP contribution in [0.1, 0.15) is 23.2 Å². The second-order valence-electron chi connectivity index (χ2n) is 6.06. The molecule has 3 aromatic rings. The predicted octanol–water partition coefficient (Wildman–Crippen LogP) is 2.80. The van der Waals surface area contributed by atoms with E-state index in [9.17, 15) is 4.79 Å². The molecule has 4 rings (SSSR count). The summed E-state index contributed by atoms with van der Waals surface area (Å²) in [6.45, 7) is 1.61. The molecule has 0 bridgehead atoms. The normalized spacial score (nSPS) is 15.2. The van der Waals surface area contributed by atoms with E-state index in [1.807, 2.05) is 30.3 Å². The second-order valence-corrected chi connectivity index (χ2v) is 6.06. The maximum absolute atomic E-state index is 12.5. The fraction of sp³-hybridized carbons (Fsp3) is 0.278. The molecule has 3 N–H and O–H groups in total. The number of carbonyl (C=O) groups excluding carboxylic acids is 1. The summed E-state index contributed by atoms with van der Waals surface area (Å²) >= 11 is 0. The summed E-state index contributed by atoms with van der Waals surface area (Å²) in [5, 5.41) is 17.0. The number of hydrogen-bond acceptors (Lipinski definition) is 5. The molecule has 0 unspecified atom stereocenters. The van der Waals surface area contributed by atoms with Gasteiger partial charge in [-0.15, -0.1) is 0 Å². The topological polar surface area (TPSA) is 91.9 Å². The quantitative estimate of drug-likeness (QED) is 0.681.